The fraction of sp³-hybridized carbons (Fsp3) is 0.474. The minimum Gasteiger partial charge on any atom is -0.356 e. The molecule has 0 aliphatic heterocycles. The average Bonchev–Trinajstić information content (AvgIpc) is 3.00. The summed E-state index contributed by atoms with van der Waals surface area (Å²) < 4.78 is 5.52. The molecule has 1 aromatic heterocycles. The second-order valence-corrected chi connectivity index (χ2v) is 6.45. The van der Waals surface area contributed by atoms with Crippen LogP contribution >= 0.6 is 0 Å². The lowest BCUT2D eigenvalue weighted by Gasteiger charge is -2.25. The minimum absolute atomic E-state index is 0.0665. The highest BCUT2D eigenvalue weighted by molar-refractivity contribution is 5.74. The number of aryl methyl sites for hydroxylation is 2. The molecule has 2 amide bonds. The number of amides is 2. The lowest BCUT2D eigenvalue weighted by molar-refractivity contribution is 0.178. The molecule has 1 heterocycles. The molecule has 0 atom stereocenters. The van der Waals surface area contributed by atoms with Gasteiger partial charge in [-0.2, -0.15) is 0 Å². The summed E-state index contributed by atoms with van der Waals surface area (Å²) in [5.74, 6) is 0.740. The van der Waals surface area contributed by atoms with Crippen LogP contribution in [0.3, 0.4) is 0 Å². The summed E-state index contributed by atoms with van der Waals surface area (Å²) in [6.45, 7) is 11.2. The molecule has 0 unspecified atom stereocenters. The Bertz CT molecular complexity index is 692. The molecule has 5 heteroatoms. The third-order valence-corrected chi connectivity index (χ3v) is 3.96. The number of carbonyl (C=O) groups excluding carboxylic acids is 1. The molecule has 1 N–H and O–H groups in total. The number of nitrogens with zero attached hydrogens (tertiary/aromatic N) is 2. The number of aromatic nitrogens is 1. The molecule has 0 radical (unpaired) electrons. The van der Waals surface area contributed by atoms with Crippen molar-refractivity contribution in [3.63, 3.8) is 0 Å². The van der Waals surface area contributed by atoms with Crippen molar-refractivity contribution in [2.24, 2.45) is 0 Å². The van der Waals surface area contributed by atoms with Crippen molar-refractivity contribution in [3.8, 4) is 11.3 Å². The zero-order valence-electron chi connectivity index (χ0n) is 15.2. The molecule has 0 aliphatic rings. The van der Waals surface area contributed by atoms with Crippen LogP contribution in [0.15, 0.2) is 28.8 Å². The van der Waals surface area contributed by atoms with Gasteiger partial charge in [-0.25, -0.2) is 4.79 Å². The molecule has 2 rings (SSSR count). The molecule has 0 spiro atoms. The first-order valence-corrected chi connectivity index (χ1v) is 8.50. The normalized spacial score (nSPS) is 10.9. The lowest BCUT2D eigenvalue weighted by atomic mass is 10.0. The fourth-order valence-electron chi connectivity index (χ4n) is 2.51. The number of carbonyl (C=O) groups is 1. The van der Waals surface area contributed by atoms with Crippen molar-refractivity contribution in [2.45, 2.75) is 53.6 Å². The van der Waals surface area contributed by atoms with Crippen LogP contribution in [-0.4, -0.2) is 28.7 Å². The Labute approximate surface area is 144 Å². The van der Waals surface area contributed by atoms with E-state index in [1.54, 1.807) is 4.90 Å². The smallest absolute Gasteiger partial charge is 0.317 e. The zero-order valence-corrected chi connectivity index (χ0v) is 15.2. The SMILES string of the molecule is CCCNC(=O)N(Cc1cc(-c2cc(C)ccc2C)on1)C(C)C. The van der Waals surface area contributed by atoms with Crippen molar-refractivity contribution >= 4 is 6.03 Å². The molecule has 5 nitrogen and oxygen atoms in total. The van der Waals surface area contributed by atoms with E-state index in [9.17, 15) is 4.79 Å². The Kier molecular flexibility index (Phi) is 6.01. The number of hydrogen-bond acceptors (Lipinski definition) is 3. The van der Waals surface area contributed by atoms with E-state index in [0.717, 1.165) is 29.0 Å². The summed E-state index contributed by atoms with van der Waals surface area (Å²) in [5.41, 5.74) is 4.12. The summed E-state index contributed by atoms with van der Waals surface area (Å²) in [6, 6.07) is 8.18. The van der Waals surface area contributed by atoms with Crippen molar-refractivity contribution < 1.29 is 9.32 Å². The molecule has 130 valence electrons. The fourth-order valence-corrected chi connectivity index (χ4v) is 2.51. The molecule has 0 saturated carbocycles. The molecule has 0 fully saturated rings. The van der Waals surface area contributed by atoms with Crippen LogP contribution in [0.1, 0.15) is 44.0 Å². The number of hydrogen-bond donors (Lipinski definition) is 1. The van der Waals surface area contributed by atoms with Crippen LogP contribution in [0.4, 0.5) is 4.79 Å². The van der Waals surface area contributed by atoms with Gasteiger partial charge in [-0.3, -0.25) is 0 Å². The molecular weight excluding hydrogens is 302 g/mol. The van der Waals surface area contributed by atoms with E-state index in [1.165, 1.54) is 5.56 Å². The highest BCUT2D eigenvalue weighted by Crippen LogP contribution is 2.25. The highest BCUT2D eigenvalue weighted by atomic mass is 16.5. The summed E-state index contributed by atoms with van der Waals surface area (Å²) in [6.07, 6.45) is 0.915. The third-order valence-electron chi connectivity index (χ3n) is 3.96. The summed E-state index contributed by atoms with van der Waals surface area (Å²) >= 11 is 0. The van der Waals surface area contributed by atoms with Crippen molar-refractivity contribution in [3.05, 3.63) is 41.1 Å². The van der Waals surface area contributed by atoms with Crippen LogP contribution in [-0.2, 0) is 6.54 Å². The Balaban J connectivity index is 2.17. The van der Waals surface area contributed by atoms with Gasteiger partial charge in [0.25, 0.3) is 0 Å². The number of nitrogens with one attached hydrogen (secondary N) is 1. The van der Waals surface area contributed by atoms with Crippen LogP contribution in [0.25, 0.3) is 11.3 Å². The maximum atomic E-state index is 12.3. The predicted octanol–water partition coefficient (Wildman–Crippen LogP) is 4.29. The Hall–Kier alpha value is -2.30. The first-order valence-electron chi connectivity index (χ1n) is 8.50. The number of urea groups is 1. The van der Waals surface area contributed by atoms with E-state index in [4.69, 9.17) is 4.52 Å². The predicted molar refractivity (Wildman–Crippen MR) is 95.8 cm³/mol. The minimum atomic E-state index is -0.0665. The zero-order chi connectivity index (χ0) is 17.7. The summed E-state index contributed by atoms with van der Waals surface area (Å²) in [5, 5.41) is 7.07. The van der Waals surface area contributed by atoms with E-state index < -0.39 is 0 Å². The van der Waals surface area contributed by atoms with E-state index in [0.29, 0.717) is 13.1 Å². The molecule has 0 bridgehead atoms. The van der Waals surface area contributed by atoms with Gasteiger partial charge in [-0.05, 0) is 45.7 Å². The van der Waals surface area contributed by atoms with Crippen molar-refractivity contribution in [1.82, 2.24) is 15.4 Å². The summed E-state index contributed by atoms with van der Waals surface area (Å²) in [4.78, 5) is 14.0. The van der Waals surface area contributed by atoms with Gasteiger partial charge in [0.05, 0.1) is 6.54 Å². The number of rotatable bonds is 6. The molecule has 2 aromatic rings. The highest BCUT2D eigenvalue weighted by Gasteiger charge is 2.19. The van der Waals surface area contributed by atoms with Crippen LogP contribution in [0.2, 0.25) is 0 Å². The standard InChI is InChI=1S/C19H27N3O2/c1-6-9-20-19(23)22(13(2)3)12-16-11-18(24-21-16)17-10-14(4)7-8-15(17)5/h7-8,10-11,13H,6,9,12H2,1-5H3,(H,20,23). The molecule has 1 aromatic carbocycles. The Morgan fingerprint density at radius 2 is 2.04 bits per heavy atom. The molecule has 0 saturated heterocycles. The average molecular weight is 329 g/mol. The topological polar surface area (TPSA) is 58.4 Å². The maximum absolute atomic E-state index is 12.3. The van der Waals surface area contributed by atoms with Crippen molar-refractivity contribution in [1.29, 1.82) is 0 Å². The van der Waals surface area contributed by atoms with Crippen LogP contribution in [0.5, 0.6) is 0 Å². The van der Waals surface area contributed by atoms with Gasteiger partial charge >= 0.3 is 6.03 Å². The molecule has 0 aliphatic carbocycles. The van der Waals surface area contributed by atoms with Gasteiger partial charge in [-0.15, -0.1) is 0 Å². The van der Waals surface area contributed by atoms with Crippen molar-refractivity contribution in [2.75, 3.05) is 6.54 Å². The van der Waals surface area contributed by atoms with Gasteiger partial charge in [0, 0.05) is 24.2 Å². The van der Waals surface area contributed by atoms with Gasteiger partial charge in [-0.1, -0.05) is 29.8 Å². The largest absolute Gasteiger partial charge is 0.356 e. The van der Waals surface area contributed by atoms with Crippen LogP contribution < -0.4 is 5.32 Å². The van der Waals surface area contributed by atoms with E-state index >= 15 is 0 Å². The van der Waals surface area contributed by atoms with Gasteiger partial charge in [0.1, 0.15) is 5.69 Å². The van der Waals surface area contributed by atoms with E-state index in [-0.39, 0.29) is 12.1 Å². The maximum Gasteiger partial charge on any atom is 0.317 e. The Morgan fingerprint density at radius 3 is 2.71 bits per heavy atom. The molecular formula is C19H27N3O2. The monoisotopic (exact) mass is 329 g/mol. The summed E-state index contributed by atoms with van der Waals surface area (Å²) in [7, 11) is 0. The lowest BCUT2D eigenvalue weighted by Crippen LogP contribution is -2.43. The first kappa shape index (κ1) is 18.0. The number of benzene rings is 1. The molecule has 24 heavy (non-hydrogen) atoms. The Morgan fingerprint density at radius 1 is 1.29 bits per heavy atom. The quantitative estimate of drug-likeness (QED) is 0.860. The van der Waals surface area contributed by atoms with Gasteiger partial charge in [0.2, 0.25) is 0 Å². The third kappa shape index (κ3) is 4.37. The van der Waals surface area contributed by atoms with Crippen LogP contribution in [0, 0.1) is 13.8 Å². The van der Waals surface area contributed by atoms with E-state index in [1.807, 2.05) is 26.8 Å². The van der Waals surface area contributed by atoms with Gasteiger partial charge in [0.15, 0.2) is 5.76 Å². The second-order valence-electron chi connectivity index (χ2n) is 6.45. The first-order chi connectivity index (χ1) is 11.4. The van der Waals surface area contributed by atoms with Gasteiger partial charge < -0.3 is 14.7 Å². The second kappa shape index (κ2) is 7.99. The van der Waals surface area contributed by atoms with E-state index in [2.05, 4.69) is 42.5 Å².